The van der Waals surface area contributed by atoms with Crippen LogP contribution in [0.5, 0.6) is 5.75 Å². The highest BCUT2D eigenvalue weighted by atomic mass is 16.5. The van der Waals surface area contributed by atoms with Gasteiger partial charge in [-0.2, -0.15) is 0 Å². The van der Waals surface area contributed by atoms with Gasteiger partial charge in [-0.25, -0.2) is 0 Å². The number of anilines is 1. The van der Waals surface area contributed by atoms with Crippen LogP contribution in [0.3, 0.4) is 0 Å². The maximum atomic E-state index is 13.2. The van der Waals surface area contributed by atoms with Crippen LogP contribution in [0.2, 0.25) is 0 Å². The molecule has 0 radical (unpaired) electrons. The largest absolute Gasteiger partial charge is 0.497 e. The number of rotatable bonds is 7. The van der Waals surface area contributed by atoms with E-state index >= 15 is 0 Å². The smallest absolute Gasteiger partial charge is 0.287 e. The molecule has 1 saturated heterocycles. The number of ether oxygens (including phenoxy) is 1. The van der Waals surface area contributed by atoms with Crippen LogP contribution >= 0.6 is 0 Å². The van der Waals surface area contributed by atoms with Crippen molar-refractivity contribution in [3.05, 3.63) is 84.6 Å². The molecule has 1 N–H and O–H groups in total. The summed E-state index contributed by atoms with van der Waals surface area (Å²) >= 11 is 0. The predicted octanol–water partition coefficient (Wildman–Crippen LogP) is 4.58. The van der Waals surface area contributed by atoms with E-state index in [1.807, 2.05) is 65.6 Å². The molecule has 1 aromatic heterocycles. The van der Waals surface area contributed by atoms with Gasteiger partial charge in [-0.05, 0) is 29.8 Å². The Bertz CT molecular complexity index is 1340. The third kappa shape index (κ3) is 4.91. The van der Waals surface area contributed by atoms with Gasteiger partial charge in [0.05, 0.1) is 7.11 Å². The van der Waals surface area contributed by atoms with Gasteiger partial charge in [0, 0.05) is 61.8 Å². The number of para-hydroxylation sites is 1. The van der Waals surface area contributed by atoms with Crippen molar-refractivity contribution in [2.75, 3.05) is 44.7 Å². The van der Waals surface area contributed by atoms with Crippen LogP contribution in [0.15, 0.2) is 83.3 Å². The highest BCUT2D eigenvalue weighted by Crippen LogP contribution is 2.36. The minimum Gasteiger partial charge on any atom is -0.497 e. The molecular formula is C29H29N3O4. The number of benzene rings is 3. The zero-order valence-corrected chi connectivity index (χ0v) is 20.3. The Labute approximate surface area is 210 Å². The van der Waals surface area contributed by atoms with Crippen molar-refractivity contribution in [1.82, 2.24) is 10.2 Å². The lowest BCUT2D eigenvalue weighted by Gasteiger charge is -2.36. The molecule has 1 fully saturated rings. The fourth-order valence-electron chi connectivity index (χ4n) is 4.63. The van der Waals surface area contributed by atoms with Crippen molar-refractivity contribution < 1.29 is 18.7 Å². The van der Waals surface area contributed by atoms with E-state index < -0.39 is 0 Å². The molecule has 36 heavy (non-hydrogen) atoms. The molecule has 0 unspecified atom stereocenters. The van der Waals surface area contributed by atoms with Gasteiger partial charge >= 0.3 is 0 Å². The maximum Gasteiger partial charge on any atom is 0.287 e. The van der Waals surface area contributed by atoms with E-state index in [0.717, 1.165) is 29.6 Å². The van der Waals surface area contributed by atoms with Gasteiger partial charge in [0.1, 0.15) is 11.3 Å². The molecule has 5 rings (SSSR count). The minimum absolute atomic E-state index is 0.0423. The average molecular weight is 484 g/mol. The zero-order valence-electron chi connectivity index (χ0n) is 20.3. The van der Waals surface area contributed by atoms with Gasteiger partial charge in [0.15, 0.2) is 0 Å². The van der Waals surface area contributed by atoms with Crippen molar-refractivity contribution in [3.63, 3.8) is 0 Å². The molecule has 0 atom stereocenters. The third-order valence-corrected chi connectivity index (χ3v) is 6.54. The quantitative estimate of drug-likeness (QED) is 0.417. The van der Waals surface area contributed by atoms with Crippen LogP contribution in [0, 0.1) is 0 Å². The average Bonchev–Trinajstić information content (AvgIpc) is 3.33. The first-order valence-corrected chi connectivity index (χ1v) is 12.2. The summed E-state index contributed by atoms with van der Waals surface area (Å²) in [4.78, 5) is 30.1. The molecule has 4 aromatic rings. The summed E-state index contributed by atoms with van der Waals surface area (Å²) in [7, 11) is 1.59. The lowest BCUT2D eigenvalue weighted by Crippen LogP contribution is -2.49. The van der Waals surface area contributed by atoms with Crippen LogP contribution in [0.4, 0.5) is 5.69 Å². The van der Waals surface area contributed by atoms with Crippen LogP contribution in [0.1, 0.15) is 17.0 Å². The Morgan fingerprint density at radius 3 is 2.31 bits per heavy atom. The van der Waals surface area contributed by atoms with E-state index in [-0.39, 0.29) is 30.5 Å². The molecule has 7 heteroatoms. The first-order valence-electron chi connectivity index (χ1n) is 12.2. The van der Waals surface area contributed by atoms with E-state index in [1.54, 1.807) is 13.2 Å². The van der Waals surface area contributed by atoms with Crippen molar-refractivity contribution in [3.8, 4) is 16.9 Å². The summed E-state index contributed by atoms with van der Waals surface area (Å²) in [6, 6.07) is 25.4. The number of fused-ring (bicyclic) bond motifs is 1. The molecule has 0 saturated carbocycles. The number of furan rings is 1. The Morgan fingerprint density at radius 2 is 1.61 bits per heavy atom. The van der Waals surface area contributed by atoms with Gasteiger partial charge in [0.2, 0.25) is 11.7 Å². The predicted molar refractivity (Wildman–Crippen MR) is 140 cm³/mol. The number of carbonyl (C=O) groups excluding carboxylic acids is 2. The molecule has 1 aliphatic rings. The van der Waals surface area contributed by atoms with Gasteiger partial charge in [-0.3, -0.25) is 9.59 Å². The SMILES string of the molecule is COc1ccc2c(-c3ccccc3)c(C(=O)NCCC(=O)N3CCN(c4ccccc4)CC3)oc2c1. The second kappa shape index (κ2) is 10.6. The number of nitrogens with zero attached hydrogens (tertiary/aromatic N) is 2. The molecule has 7 nitrogen and oxygen atoms in total. The highest BCUT2D eigenvalue weighted by molar-refractivity contribution is 6.08. The van der Waals surface area contributed by atoms with Crippen LogP contribution < -0.4 is 15.0 Å². The van der Waals surface area contributed by atoms with Crippen LogP contribution in [-0.2, 0) is 4.79 Å². The van der Waals surface area contributed by atoms with Crippen molar-refractivity contribution >= 4 is 28.5 Å². The molecular weight excluding hydrogens is 454 g/mol. The number of amides is 2. The summed E-state index contributed by atoms with van der Waals surface area (Å²) < 4.78 is 11.3. The van der Waals surface area contributed by atoms with Gasteiger partial charge in [-0.1, -0.05) is 48.5 Å². The molecule has 0 aliphatic carbocycles. The summed E-state index contributed by atoms with van der Waals surface area (Å²) in [5.41, 5.74) is 3.37. The molecule has 184 valence electrons. The van der Waals surface area contributed by atoms with E-state index in [9.17, 15) is 9.59 Å². The summed E-state index contributed by atoms with van der Waals surface area (Å²) in [6.07, 6.45) is 0.242. The number of hydrogen-bond acceptors (Lipinski definition) is 5. The third-order valence-electron chi connectivity index (χ3n) is 6.54. The second-order valence-electron chi connectivity index (χ2n) is 8.74. The lowest BCUT2D eigenvalue weighted by molar-refractivity contribution is -0.131. The van der Waals surface area contributed by atoms with Crippen molar-refractivity contribution in [2.45, 2.75) is 6.42 Å². The first-order chi connectivity index (χ1) is 17.6. The fourth-order valence-corrected chi connectivity index (χ4v) is 4.63. The topological polar surface area (TPSA) is 75.0 Å². The van der Waals surface area contributed by atoms with Crippen LogP contribution in [0.25, 0.3) is 22.1 Å². The molecule has 2 amide bonds. The van der Waals surface area contributed by atoms with Crippen molar-refractivity contribution in [1.29, 1.82) is 0 Å². The fraction of sp³-hybridized carbons (Fsp3) is 0.241. The Kier molecular flexibility index (Phi) is 6.89. The summed E-state index contributed by atoms with van der Waals surface area (Å²) in [5, 5.41) is 3.71. The standard InChI is InChI=1S/C29H29N3O4/c1-35-23-12-13-24-25(20-23)36-28(27(24)21-8-4-2-5-9-21)29(34)30-15-14-26(33)32-18-16-31(17-19-32)22-10-6-3-7-11-22/h2-13,20H,14-19H2,1H3,(H,30,34). The first kappa shape index (κ1) is 23.5. The number of carbonyl (C=O) groups is 2. The number of hydrogen-bond donors (Lipinski definition) is 1. The number of nitrogens with one attached hydrogen (secondary N) is 1. The van der Waals surface area contributed by atoms with E-state index in [2.05, 4.69) is 22.3 Å². The number of piperazine rings is 1. The second-order valence-corrected chi connectivity index (χ2v) is 8.74. The Morgan fingerprint density at radius 1 is 0.917 bits per heavy atom. The van der Waals surface area contributed by atoms with Gasteiger partial charge in [0.25, 0.3) is 5.91 Å². The lowest BCUT2D eigenvalue weighted by atomic mass is 10.0. The van der Waals surface area contributed by atoms with E-state index in [4.69, 9.17) is 9.15 Å². The minimum atomic E-state index is -0.342. The normalized spacial score (nSPS) is 13.6. The molecule has 0 spiro atoms. The Hall–Kier alpha value is -4.26. The monoisotopic (exact) mass is 483 g/mol. The van der Waals surface area contributed by atoms with E-state index in [0.29, 0.717) is 24.4 Å². The molecule has 3 aromatic carbocycles. The van der Waals surface area contributed by atoms with Crippen molar-refractivity contribution in [2.24, 2.45) is 0 Å². The zero-order chi connectivity index (χ0) is 24.9. The van der Waals surface area contributed by atoms with Crippen LogP contribution in [-0.4, -0.2) is 56.5 Å². The van der Waals surface area contributed by atoms with Gasteiger partial charge in [-0.15, -0.1) is 0 Å². The molecule has 2 heterocycles. The summed E-state index contributed by atoms with van der Waals surface area (Å²) in [5.74, 6) is 0.584. The van der Waals surface area contributed by atoms with Gasteiger partial charge < -0.3 is 24.3 Å². The number of methoxy groups -OCH3 is 1. The molecule has 0 bridgehead atoms. The maximum absolute atomic E-state index is 13.2. The molecule has 1 aliphatic heterocycles. The Balaban J connectivity index is 1.23. The summed E-state index contributed by atoms with van der Waals surface area (Å²) in [6.45, 7) is 3.18. The highest BCUT2D eigenvalue weighted by Gasteiger charge is 2.24. The van der Waals surface area contributed by atoms with E-state index in [1.165, 1.54) is 5.69 Å².